The molecule has 8 nitrogen and oxygen atoms in total. The molecule has 0 radical (unpaired) electrons. The summed E-state index contributed by atoms with van der Waals surface area (Å²) in [6.45, 7) is 7.30. The second-order valence-electron chi connectivity index (χ2n) is 9.79. The largest absolute Gasteiger partial charge is 0.466 e. The number of ether oxygens (including phenoxy) is 2. The van der Waals surface area contributed by atoms with E-state index in [0.717, 1.165) is 0 Å². The van der Waals surface area contributed by atoms with Crippen molar-refractivity contribution in [3.05, 3.63) is 29.3 Å². The van der Waals surface area contributed by atoms with Crippen molar-refractivity contribution in [1.29, 1.82) is 0 Å². The number of rotatable bonds is 8. The van der Waals surface area contributed by atoms with Crippen molar-refractivity contribution < 1.29 is 29.0 Å². The zero-order chi connectivity index (χ0) is 24.8. The number of likely N-dealkylation sites (tertiary alicyclic amines) is 1. The van der Waals surface area contributed by atoms with Crippen molar-refractivity contribution in [2.75, 3.05) is 18.5 Å². The van der Waals surface area contributed by atoms with Gasteiger partial charge in [0.1, 0.15) is 17.6 Å². The number of benzene rings is 1. The molecule has 2 amide bonds. The lowest BCUT2D eigenvalue weighted by Gasteiger charge is -2.38. The fraction of sp³-hybridized carbons (Fsp3) is 0.640. The van der Waals surface area contributed by atoms with Crippen LogP contribution < -0.4 is 5.32 Å². The minimum atomic E-state index is -1.18. The van der Waals surface area contributed by atoms with Crippen LogP contribution in [0.3, 0.4) is 0 Å². The van der Waals surface area contributed by atoms with E-state index >= 15 is 0 Å². The van der Waals surface area contributed by atoms with E-state index in [1.165, 1.54) is 4.90 Å². The number of nitrogens with one attached hydrogen (secondary N) is 1. The Kier molecular flexibility index (Phi) is 6.70. The normalized spacial score (nSPS) is 32.7. The Morgan fingerprint density at radius 3 is 2.59 bits per heavy atom. The number of para-hydroxylation sites is 1. The highest BCUT2D eigenvalue weighted by Crippen LogP contribution is 2.64. The molecule has 1 spiro atoms. The molecule has 0 saturated carbocycles. The van der Waals surface area contributed by atoms with E-state index in [2.05, 4.69) is 5.32 Å². The van der Waals surface area contributed by atoms with Crippen LogP contribution in [0.4, 0.5) is 5.69 Å². The van der Waals surface area contributed by atoms with Gasteiger partial charge >= 0.3 is 5.97 Å². The molecule has 3 saturated heterocycles. The van der Waals surface area contributed by atoms with E-state index in [1.807, 2.05) is 20.8 Å². The summed E-state index contributed by atoms with van der Waals surface area (Å²) in [5.74, 6) is -3.04. The Balaban J connectivity index is 1.82. The van der Waals surface area contributed by atoms with Crippen molar-refractivity contribution >= 4 is 35.1 Å². The highest BCUT2D eigenvalue weighted by Gasteiger charge is 2.79. The summed E-state index contributed by atoms with van der Waals surface area (Å²) in [4.78, 5) is 42.4. The van der Waals surface area contributed by atoms with Gasteiger partial charge in [-0.3, -0.25) is 14.4 Å². The first-order valence-electron chi connectivity index (χ1n) is 12.0. The van der Waals surface area contributed by atoms with E-state index in [1.54, 1.807) is 31.2 Å². The van der Waals surface area contributed by atoms with Gasteiger partial charge in [0, 0.05) is 0 Å². The third-order valence-corrected chi connectivity index (χ3v) is 8.18. The Labute approximate surface area is 204 Å². The number of carbonyl (C=O) groups excluding carboxylic acids is 3. The molecule has 0 aromatic heterocycles. The van der Waals surface area contributed by atoms with Gasteiger partial charge in [-0.15, -0.1) is 0 Å². The van der Waals surface area contributed by atoms with Crippen LogP contribution in [0.25, 0.3) is 0 Å². The first-order valence-corrected chi connectivity index (χ1v) is 12.4. The highest BCUT2D eigenvalue weighted by molar-refractivity contribution is 6.33. The molecule has 3 aliphatic heterocycles. The number of fused-ring (bicyclic) bond motifs is 1. The fourth-order valence-corrected chi connectivity index (χ4v) is 6.47. The number of aliphatic hydroxyl groups is 1. The molecule has 34 heavy (non-hydrogen) atoms. The first kappa shape index (κ1) is 24.9. The van der Waals surface area contributed by atoms with Gasteiger partial charge in [-0.1, -0.05) is 44.5 Å². The van der Waals surface area contributed by atoms with Crippen molar-refractivity contribution in [2.45, 2.75) is 70.2 Å². The predicted molar refractivity (Wildman–Crippen MR) is 126 cm³/mol. The molecule has 4 rings (SSSR count). The lowest BCUT2D eigenvalue weighted by Crippen LogP contribution is -2.57. The Hall–Kier alpha value is -2.16. The Bertz CT molecular complexity index is 986. The first-order chi connectivity index (χ1) is 16.2. The van der Waals surface area contributed by atoms with Gasteiger partial charge in [0.25, 0.3) is 0 Å². The summed E-state index contributed by atoms with van der Waals surface area (Å²) in [5.41, 5.74) is -1.61. The third-order valence-electron chi connectivity index (χ3n) is 7.85. The molecule has 6 atom stereocenters. The Morgan fingerprint density at radius 1 is 1.29 bits per heavy atom. The van der Waals surface area contributed by atoms with Crippen LogP contribution in [0.2, 0.25) is 5.02 Å². The molecule has 3 fully saturated rings. The summed E-state index contributed by atoms with van der Waals surface area (Å²) in [5, 5.41) is 13.5. The molecular weight excluding hydrogens is 460 g/mol. The van der Waals surface area contributed by atoms with E-state index in [0.29, 0.717) is 30.0 Å². The summed E-state index contributed by atoms with van der Waals surface area (Å²) in [6.07, 6.45) is 1.53. The molecule has 9 heteroatoms. The van der Waals surface area contributed by atoms with Gasteiger partial charge in [0.05, 0.1) is 41.5 Å². The van der Waals surface area contributed by atoms with Crippen LogP contribution in [-0.4, -0.2) is 64.3 Å². The van der Waals surface area contributed by atoms with Gasteiger partial charge in [-0.05, 0) is 44.2 Å². The maximum absolute atomic E-state index is 14.0. The van der Waals surface area contributed by atoms with Gasteiger partial charge in [0.15, 0.2) is 0 Å². The average molecular weight is 493 g/mol. The standard InChI is InChI=1S/C25H33ClN2O6/c1-5-24-11-12-25(34-24)18(19(24)23(32)33-6-2)22(31)28(17(13-29)14(3)4)20(25)21(30)27-16-10-8-7-9-15(16)26/h7-10,14,17-20,29H,5-6,11-13H2,1-4H3,(H,27,30)/t17-,18-,19+,20?,24-,25?/m0/s1. The fourth-order valence-electron chi connectivity index (χ4n) is 6.29. The zero-order valence-corrected chi connectivity index (χ0v) is 20.8. The van der Waals surface area contributed by atoms with Crippen molar-refractivity contribution in [1.82, 2.24) is 4.90 Å². The lowest BCUT2D eigenvalue weighted by molar-refractivity contribution is -0.161. The third kappa shape index (κ3) is 3.53. The van der Waals surface area contributed by atoms with E-state index in [4.69, 9.17) is 21.1 Å². The smallest absolute Gasteiger partial charge is 0.312 e. The molecule has 2 unspecified atom stereocenters. The summed E-state index contributed by atoms with van der Waals surface area (Å²) >= 11 is 6.28. The molecule has 0 aliphatic carbocycles. The van der Waals surface area contributed by atoms with Gasteiger partial charge in [-0.25, -0.2) is 0 Å². The number of hydrogen-bond acceptors (Lipinski definition) is 6. The molecule has 186 valence electrons. The summed E-state index contributed by atoms with van der Waals surface area (Å²) in [6, 6.07) is 5.23. The van der Waals surface area contributed by atoms with Crippen LogP contribution in [0.1, 0.15) is 47.0 Å². The summed E-state index contributed by atoms with van der Waals surface area (Å²) in [7, 11) is 0. The molecular formula is C25H33ClN2O6. The van der Waals surface area contributed by atoms with E-state index in [9.17, 15) is 19.5 Å². The maximum Gasteiger partial charge on any atom is 0.312 e. The SMILES string of the molecule is CCOC(=O)[C@H]1[C@H]2C(=O)N([C@@H](CO)C(C)C)C(C(=O)Nc3ccccc3Cl)C23CC[C@]1(CC)O3. The van der Waals surface area contributed by atoms with Gasteiger partial charge in [0.2, 0.25) is 11.8 Å². The number of aliphatic hydroxyl groups excluding tert-OH is 1. The molecule has 1 aromatic rings. The van der Waals surface area contributed by atoms with Crippen molar-refractivity contribution in [3.63, 3.8) is 0 Å². The predicted octanol–water partition coefficient (Wildman–Crippen LogP) is 3.01. The number of nitrogens with zero attached hydrogens (tertiary/aromatic N) is 1. The van der Waals surface area contributed by atoms with Crippen molar-refractivity contribution in [2.24, 2.45) is 17.8 Å². The zero-order valence-electron chi connectivity index (χ0n) is 20.0. The number of hydrogen-bond donors (Lipinski definition) is 2. The van der Waals surface area contributed by atoms with Gasteiger partial charge in [-0.2, -0.15) is 0 Å². The highest BCUT2D eigenvalue weighted by atomic mass is 35.5. The summed E-state index contributed by atoms with van der Waals surface area (Å²) < 4.78 is 12.0. The minimum absolute atomic E-state index is 0.127. The Morgan fingerprint density at radius 2 is 2.00 bits per heavy atom. The number of esters is 1. The second kappa shape index (κ2) is 9.13. The van der Waals surface area contributed by atoms with E-state index in [-0.39, 0.29) is 25.0 Å². The van der Waals surface area contributed by atoms with Crippen LogP contribution in [0, 0.1) is 17.8 Å². The second-order valence-corrected chi connectivity index (χ2v) is 10.2. The minimum Gasteiger partial charge on any atom is -0.466 e. The monoisotopic (exact) mass is 492 g/mol. The number of anilines is 1. The molecule has 2 bridgehead atoms. The number of halogens is 1. The molecule has 3 heterocycles. The van der Waals surface area contributed by atoms with Crippen LogP contribution in [-0.2, 0) is 23.9 Å². The molecule has 2 N–H and O–H groups in total. The van der Waals surface area contributed by atoms with Gasteiger partial charge < -0.3 is 24.8 Å². The number of amides is 2. The van der Waals surface area contributed by atoms with Crippen molar-refractivity contribution in [3.8, 4) is 0 Å². The van der Waals surface area contributed by atoms with Crippen LogP contribution >= 0.6 is 11.6 Å². The van der Waals surface area contributed by atoms with Crippen LogP contribution in [0.5, 0.6) is 0 Å². The quantitative estimate of drug-likeness (QED) is 0.540. The maximum atomic E-state index is 14.0. The van der Waals surface area contributed by atoms with E-state index < -0.39 is 47.0 Å². The lowest BCUT2D eigenvalue weighted by atomic mass is 9.65. The number of carbonyl (C=O) groups is 3. The molecule has 3 aliphatic rings. The topological polar surface area (TPSA) is 105 Å². The van der Waals surface area contributed by atoms with Crippen LogP contribution in [0.15, 0.2) is 24.3 Å². The average Bonchev–Trinajstić information content (AvgIpc) is 3.40. The molecule has 1 aromatic carbocycles.